The van der Waals surface area contributed by atoms with Gasteiger partial charge in [-0.25, -0.2) is 0 Å². The van der Waals surface area contributed by atoms with E-state index in [9.17, 15) is 14.4 Å². The molecule has 1 atom stereocenters. The van der Waals surface area contributed by atoms with Crippen LogP contribution in [0.5, 0.6) is 0 Å². The van der Waals surface area contributed by atoms with Crippen LogP contribution >= 0.6 is 11.3 Å². The van der Waals surface area contributed by atoms with E-state index in [1.54, 1.807) is 11.8 Å². The molecule has 2 heterocycles. The summed E-state index contributed by atoms with van der Waals surface area (Å²) in [6.07, 6.45) is 2.13. The lowest BCUT2D eigenvalue weighted by molar-refractivity contribution is -0.131. The third-order valence-electron chi connectivity index (χ3n) is 4.19. The molecule has 1 saturated heterocycles. The Balaban J connectivity index is 1.78. The molecule has 2 N–H and O–H groups in total. The van der Waals surface area contributed by atoms with Crippen molar-refractivity contribution in [3.63, 3.8) is 0 Å². The van der Waals surface area contributed by atoms with Crippen molar-refractivity contribution < 1.29 is 14.4 Å². The second-order valence-corrected chi connectivity index (χ2v) is 7.01. The zero-order valence-electron chi connectivity index (χ0n) is 14.2. The van der Waals surface area contributed by atoms with Gasteiger partial charge in [0.05, 0.1) is 4.88 Å². The van der Waals surface area contributed by atoms with Gasteiger partial charge in [0.2, 0.25) is 11.8 Å². The monoisotopic (exact) mass is 351 g/mol. The number of likely N-dealkylation sites (tertiary alicyclic amines) is 1. The molecule has 2 rings (SSSR count). The Morgan fingerprint density at radius 2 is 2.04 bits per heavy atom. The van der Waals surface area contributed by atoms with E-state index in [-0.39, 0.29) is 23.6 Å². The summed E-state index contributed by atoms with van der Waals surface area (Å²) < 4.78 is 0. The third-order valence-corrected chi connectivity index (χ3v) is 5.04. The number of nitrogens with zero attached hydrogens (tertiary/aromatic N) is 1. The number of carbonyl (C=O) groups is 3. The number of thiophene rings is 1. The lowest BCUT2D eigenvalue weighted by atomic mass is 9.95. The fourth-order valence-electron chi connectivity index (χ4n) is 2.70. The molecule has 0 saturated carbocycles. The average molecular weight is 351 g/mol. The number of piperidine rings is 1. The Morgan fingerprint density at radius 1 is 1.33 bits per heavy atom. The lowest BCUT2D eigenvalue weighted by Gasteiger charge is -2.31. The SMILES string of the molecule is CCCNC(=O)[C@H](C)NC(=O)C1CCN(C(=O)c2cccs2)CC1. The molecule has 0 spiro atoms. The highest BCUT2D eigenvalue weighted by atomic mass is 32.1. The van der Waals surface area contributed by atoms with Crippen molar-refractivity contribution in [3.8, 4) is 0 Å². The average Bonchev–Trinajstić information content (AvgIpc) is 3.13. The van der Waals surface area contributed by atoms with Gasteiger partial charge in [-0.15, -0.1) is 11.3 Å². The second-order valence-electron chi connectivity index (χ2n) is 6.07. The van der Waals surface area contributed by atoms with Gasteiger partial charge in [0.1, 0.15) is 6.04 Å². The highest BCUT2D eigenvalue weighted by Crippen LogP contribution is 2.21. The van der Waals surface area contributed by atoms with E-state index in [1.165, 1.54) is 11.3 Å². The molecule has 132 valence electrons. The summed E-state index contributed by atoms with van der Waals surface area (Å²) in [6.45, 7) is 5.44. The number of rotatable bonds is 6. The Labute approximate surface area is 146 Å². The van der Waals surface area contributed by atoms with Gasteiger partial charge < -0.3 is 15.5 Å². The fourth-order valence-corrected chi connectivity index (χ4v) is 3.39. The molecule has 0 bridgehead atoms. The minimum absolute atomic E-state index is 0.0381. The van der Waals surface area contributed by atoms with E-state index in [0.29, 0.717) is 32.5 Å². The molecule has 0 unspecified atom stereocenters. The van der Waals surface area contributed by atoms with E-state index in [0.717, 1.165) is 11.3 Å². The highest BCUT2D eigenvalue weighted by Gasteiger charge is 2.29. The van der Waals surface area contributed by atoms with Crippen LogP contribution in [0.1, 0.15) is 42.8 Å². The van der Waals surface area contributed by atoms with E-state index >= 15 is 0 Å². The fraction of sp³-hybridized carbons (Fsp3) is 0.588. The number of nitrogens with one attached hydrogen (secondary N) is 2. The highest BCUT2D eigenvalue weighted by molar-refractivity contribution is 7.12. The van der Waals surface area contributed by atoms with Crippen LogP contribution in [0.15, 0.2) is 17.5 Å². The number of amides is 3. The summed E-state index contributed by atoms with van der Waals surface area (Å²) in [5.41, 5.74) is 0. The largest absolute Gasteiger partial charge is 0.354 e. The number of hydrogen-bond acceptors (Lipinski definition) is 4. The van der Waals surface area contributed by atoms with Crippen LogP contribution < -0.4 is 10.6 Å². The number of hydrogen-bond donors (Lipinski definition) is 2. The molecule has 24 heavy (non-hydrogen) atoms. The van der Waals surface area contributed by atoms with E-state index in [2.05, 4.69) is 10.6 Å². The van der Waals surface area contributed by atoms with Gasteiger partial charge in [-0.3, -0.25) is 14.4 Å². The van der Waals surface area contributed by atoms with Gasteiger partial charge in [-0.05, 0) is 37.6 Å². The molecule has 0 aromatic carbocycles. The molecule has 1 aliphatic rings. The molecule has 1 aromatic heterocycles. The summed E-state index contributed by atoms with van der Waals surface area (Å²) >= 11 is 1.43. The molecule has 6 nitrogen and oxygen atoms in total. The van der Waals surface area contributed by atoms with Gasteiger partial charge in [-0.1, -0.05) is 13.0 Å². The molecule has 0 radical (unpaired) electrons. The Morgan fingerprint density at radius 3 is 2.62 bits per heavy atom. The van der Waals surface area contributed by atoms with Crippen LogP contribution in [0.2, 0.25) is 0 Å². The van der Waals surface area contributed by atoms with E-state index in [4.69, 9.17) is 0 Å². The normalized spacial score (nSPS) is 16.5. The Hall–Kier alpha value is -1.89. The minimum atomic E-state index is -0.533. The molecular weight excluding hydrogens is 326 g/mol. The lowest BCUT2D eigenvalue weighted by Crippen LogP contribution is -2.49. The van der Waals surface area contributed by atoms with Crippen LogP contribution in [0.25, 0.3) is 0 Å². The molecule has 0 aliphatic carbocycles. The summed E-state index contributed by atoms with van der Waals surface area (Å²) in [5.74, 6) is -0.358. The van der Waals surface area contributed by atoms with E-state index in [1.807, 2.05) is 24.4 Å². The van der Waals surface area contributed by atoms with Crippen molar-refractivity contribution in [3.05, 3.63) is 22.4 Å². The van der Waals surface area contributed by atoms with Crippen LogP contribution in [0.4, 0.5) is 0 Å². The summed E-state index contributed by atoms with van der Waals surface area (Å²) in [6, 6.07) is 3.15. The van der Waals surface area contributed by atoms with Gasteiger partial charge in [0.25, 0.3) is 5.91 Å². The van der Waals surface area contributed by atoms with Gasteiger partial charge in [-0.2, -0.15) is 0 Å². The van der Waals surface area contributed by atoms with Crippen molar-refractivity contribution in [2.24, 2.45) is 5.92 Å². The smallest absolute Gasteiger partial charge is 0.263 e. The second kappa shape index (κ2) is 8.82. The first-order valence-corrected chi connectivity index (χ1v) is 9.31. The predicted molar refractivity (Wildman–Crippen MR) is 93.9 cm³/mol. The first-order chi connectivity index (χ1) is 11.5. The van der Waals surface area contributed by atoms with Crippen molar-refractivity contribution >= 4 is 29.1 Å². The first kappa shape index (κ1) is 18.4. The molecule has 3 amide bonds. The standard InChI is InChI=1S/C17H25N3O3S/c1-3-8-18-15(21)12(2)19-16(22)13-6-9-20(10-7-13)17(23)14-5-4-11-24-14/h4-5,11-13H,3,6-10H2,1-2H3,(H,18,21)(H,19,22)/t12-/m0/s1. The zero-order valence-corrected chi connectivity index (χ0v) is 15.0. The number of carbonyl (C=O) groups excluding carboxylic acids is 3. The maximum atomic E-state index is 12.3. The van der Waals surface area contributed by atoms with Crippen molar-refractivity contribution in [1.82, 2.24) is 15.5 Å². The summed E-state index contributed by atoms with van der Waals surface area (Å²) in [7, 11) is 0. The van der Waals surface area contributed by atoms with Crippen LogP contribution in [0, 0.1) is 5.92 Å². The minimum Gasteiger partial charge on any atom is -0.354 e. The van der Waals surface area contributed by atoms with Crippen LogP contribution in [-0.4, -0.2) is 48.3 Å². The molecule has 1 aliphatic heterocycles. The van der Waals surface area contributed by atoms with Crippen LogP contribution in [-0.2, 0) is 9.59 Å². The Kier molecular flexibility index (Phi) is 6.78. The summed E-state index contributed by atoms with van der Waals surface area (Å²) in [4.78, 5) is 38.9. The zero-order chi connectivity index (χ0) is 17.5. The van der Waals surface area contributed by atoms with Crippen molar-refractivity contribution in [2.45, 2.75) is 39.2 Å². The third kappa shape index (κ3) is 4.80. The molecule has 7 heteroatoms. The van der Waals surface area contributed by atoms with E-state index < -0.39 is 6.04 Å². The van der Waals surface area contributed by atoms with Crippen LogP contribution in [0.3, 0.4) is 0 Å². The summed E-state index contributed by atoms with van der Waals surface area (Å²) in [5, 5.41) is 7.44. The topological polar surface area (TPSA) is 78.5 Å². The van der Waals surface area contributed by atoms with Gasteiger partial charge in [0, 0.05) is 25.6 Å². The van der Waals surface area contributed by atoms with Gasteiger partial charge >= 0.3 is 0 Å². The predicted octanol–water partition coefficient (Wildman–Crippen LogP) is 1.63. The Bertz CT molecular complexity index is 566. The first-order valence-electron chi connectivity index (χ1n) is 8.43. The van der Waals surface area contributed by atoms with Crippen molar-refractivity contribution in [2.75, 3.05) is 19.6 Å². The maximum absolute atomic E-state index is 12.3. The maximum Gasteiger partial charge on any atom is 0.263 e. The molecule has 1 fully saturated rings. The molecule has 1 aromatic rings. The quantitative estimate of drug-likeness (QED) is 0.818. The molecular formula is C17H25N3O3S. The van der Waals surface area contributed by atoms with Crippen molar-refractivity contribution in [1.29, 1.82) is 0 Å². The van der Waals surface area contributed by atoms with Gasteiger partial charge in [0.15, 0.2) is 0 Å².